The lowest BCUT2D eigenvalue weighted by Crippen LogP contribution is -2.08. The molecule has 1 N–H and O–H groups in total. The number of aromatic nitrogens is 5. The number of pyridine rings is 1. The summed E-state index contributed by atoms with van der Waals surface area (Å²) in [6, 6.07) is 29.1. The predicted octanol–water partition coefficient (Wildman–Crippen LogP) is 6.52. The van der Waals surface area contributed by atoms with E-state index in [9.17, 15) is 0 Å². The number of anilines is 1. The van der Waals surface area contributed by atoms with Gasteiger partial charge in [-0.05, 0) is 36.8 Å². The average Bonchev–Trinajstić information content (AvgIpc) is 3.57. The lowest BCUT2D eigenvalue weighted by atomic mass is 9.92. The first-order chi connectivity index (χ1) is 17.6. The zero-order valence-corrected chi connectivity index (χ0v) is 20.5. The Morgan fingerprint density at radius 3 is 2.11 bits per heavy atom. The van der Waals surface area contributed by atoms with Gasteiger partial charge in [-0.2, -0.15) is 5.10 Å². The van der Waals surface area contributed by atoms with E-state index < -0.39 is 0 Å². The molecule has 176 valence electrons. The monoisotopic (exact) mass is 470 g/mol. The molecule has 6 heteroatoms. The Bertz CT molecular complexity index is 1630. The Morgan fingerprint density at radius 2 is 1.47 bits per heavy atom. The number of nitrogens with one attached hydrogen (secondary N) is 1. The number of hydrogen-bond donors (Lipinski definition) is 1. The van der Waals surface area contributed by atoms with Gasteiger partial charge in [0.1, 0.15) is 5.82 Å². The molecule has 0 atom stereocenters. The van der Waals surface area contributed by atoms with E-state index in [-0.39, 0.29) is 0 Å². The van der Waals surface area contributed by atoms with Crippen molar-refractivity contribution in [2.45, 2.75) is 6.92 Å². The van der Waals surface area contributed by atoms with E-state index in [0.29, 0.717) is 0 Å². The van der Waals surface area contributed by atoms with Crippen molar-refractivity contribution in [1.82, 2.24) is 24.7 Å². The Kier molecular flexibility index (Phi) is 5.34. The Balaban J connectivity index is 1.77. The fourth-order valence-corrected chi connectivity index (χ4v) is 4.72. The molecule has 0 spiro atoms. The zero-order valence-electron chi connectivity index (χ0n) is 20.5. The van der Waals surface area contributed by atoms with Crippen LogP contribution in [-0.2, 0) is 0 Å². The fourth-order valence-electron chi connectivity index (χ4n) is 4.72. The van der Waals surface area contributed by atoms with E-state index in [2.05, 4.69) is 84.4 Å². The van der Waals surface area contributed by atoms with Crippen LogP contribution >= 0.6 is 0 Å². The summed E-state index contributed by atoms with van der Waals surface area (Å²) < 4.78 is 1.95. The third-order valence-corrected chi connectivity index (χ3v) is 6.45. The van der Waals surface area contributed by atoms with Crippen LogP contribution in [0.3, 0.4) is 0 Å². The van der Waals surface area contributed by atoms with Crippen molar-refractivity contribution in [2.24, 2.45) is 0 Å². The topological polar surface area (TPSA) is 62.6 Å². The van der Waals surface area contributed by atoms with Gasteiger partial charge in [-0.3, -0.25) is 0 Å². The number of para-hydroxylation sites is 1. The normalized spacial score (nSPS) is 11.2. The van der Waals surface area contributed by atoms with Gasteiger partial charge in [0.05, 0.1) is 28.0 Å². The summed E-state index contributed by atoms with van der Waals surface area (Å²) in [6.45, 7) is 2.05. The van der Waals surface area contributed by atoms with Crippen molar-refractivity contribution in [3.63, 3.8) is 0 Å². The number of aryl methyl sites for hydroxylation is 1. The lowest BCUT2D eigenvalue weighted by Gasteiger charge is -2.17. The number of fused-ring (bicyclic) bond motifs is 1. The maximum Gasteiger partial charge on any atom is 0.164 e. The molecule has 36 heavy (non-hydrogen) atoms. The number of aromatic amines is 1. The molecule has 0 aliphatic carbocycles. The van der Waals surface area contributed by atoms with Crippen LogP contribution in [0.5, 0.6) is 0 Å². The molecule has 0 radical (unpaired) electrons. The Labute approximate surface area is 209 Å². The van der Waals surface area contributed by atoms with Crippen molar-refractivity contribution in [3.8, 4) is 39.5 Å². The molecule has 0 saturated heterocycles. The van der Waals surface area contributed by atoms with Crippen LogP contribution < -0.4 is 4.90 Å². The number of nitrogens with zero attached hydrogens (tertiary/aromatic N) is 5. The lowest BCUT2D eigenvalue weighted by molar-refractivity contribution is 0.878. The summed E-state index contributed by atoms with van der Waals surface area (Å²) in [4.78, 5) is 15.4. The number of H-pyrrole nitrogens is 1. The van der Waals surface area contributed by atoms with Crippen LogP contribution in [-0.4, -0.2) is 38.8 Å². The van der Waals surface area contributed by atoms with Gasteiger partial charge in [0.25, 0.3) is 0 Å². The molecule has 0 bridgehead atoms. The standard InChI is InChI=1S/C30H26N6/c1-20-25-26(21-14-16-23(17-15-21)35(2)3)27(29-31-18-19-32-29)28(22-10-6-4-7-11-22)33-30(25)36(34-20)24-12-8-5-9-13-24/h4-19H,1-3H3,(H,31,32). The molecule has 0 aliphatic rings. The van der Waals surface area contributed by atoms with Gasteiger partial charge in [0.2, 0.25) is 0 Å². The van der Waals surface area contributed by atoms with E-state index in [1.165, 1.54) is 0 Å². The molecule has 6 nitrogen and oxygen atoms in total. The molecule has 0 fully saturated rings. The SMILES string of the molecule is Cc1nn(-c2ccccc2)c2nc(-c3ccccc3)c(-c3ncc[nH]3)c(-c3ccc(N(C)C)cc3)c12. The quantitative estimate of drug-likeness (QED) is 0.312. The summed E-state index contributed by atoms with van der Waals surface area (Å²) in [7, 11) is 4.10. The second kappa shape index (κ2) is 8.82. The molecule has 3 aromatic heterocycles. The molecule has 0 unspecified atom stereocenters. The summed E-state index contributed by atoms with van der Waals surface area (Å²) >= 11 is 0. The van der Waals surface area contributed by atoms with Crippen molar-refractivity contribution < 1.29 is 0 Å². The number of imidazole rings is 1. The number of rotatable bonds is 5. The van der Waals surface area contributed by atoms with Gasteiger partial charge in [-0.15, -0.1) is 0 Å². The van der Waals surface area contributed by atoms with Crippen LogP contribution in [0.15, 0.2) is 97.3 Å². The van der Waals surface area contributed by atoms with Crippen molar-refractivity contribution in [3.05, 3.63) is 103 Å². The summed E-state index contributed by atoms with van der Waals surface area (Å²) in [5.74, 6) is 0.779. The minimum absolute atomic E-state index is 0.779. The summed E-state index contributed by atoms with van der Waals surface area (Å²) in [5, 5.41) is 5.98. The van der Waals surface area contributed by atoms with Crippen LogP contribution in [0.25, 0.3) is 50.5 Å². The zero-order chi connectivity index (χ0) is 24.6. The van der Waals surface area contributed by atoms with E-state index in [1.807, 2.05) is 47.3 Å². The first kappa shape index (κ1) is 21.8. The van der Waals surface area contributed by atoms with Crippen molar-refractivity contribution in [2.75, 3.05) is 19.0 Å². The van der Waals surface area contributed by atoms with E-state index in [0.717, 1.165) is 61.9 Å². The first-order valence-electron chi connectivity index (χ1n) is 11.9. The molecular formula is C30H26N6. The predicted molar refractivity (Wildman–Crippen MR) is 146 cm³/mol. The molecule has 0 saturated carbocycles. The van der Waals surface area contributed by atoms with Crippen LogP contribution in [0.2, 0.25) is 0 Å². The number of hydrogen-bond acceptors (Lipinski definition) is 4. The smallest absolute Gasteiger partial charge is 0.164 e. The van der Waals surface area contributed by atoms with E-state index in [1.54, 1.807) is 6.20 Å². The highest BCUT2D eigenvalue weighted by molar-refractivity contribution is 6.06. The third kappa shape index (κ3) is 3.64. The average molecular weight is 471 g/mol. The Hall–Kier alpha value is -4.71. The molecule has 3 heterocycles. The molecule has 6 rings (SSSR count). The molecule has 6 aromatic rings. The molecular weight excluding hydrogens is 444 g/mol. The van der Waals surface area contributed by atoms with Crippen LogP contribution in [0.4, 0.5) is 5.69 Å². The minimum Gasteiger partial charge on any atom is -0.378 e. The van der Waals surface area contributed by atoms with Gasteiger partial charge >= 0.3 is 0 Å². The van der Waals surface area contributed by atoms with E-state index >= 15 is 0 Å². The van der Waals surface area contributed by atoms with E-state index in [4.69, 9.17) is 10.1 Å². The van der Waals surface area contributed by atoms with Crippen LogP contribution in [0.1, 0.15) is 5.69 Å². The third-order valence-electron chi connectivity index (χ3n) is 6.45. The molecule has 0 amide bonds. The second-order valence-electron chi connectivity index (χ2n) is 8.99. The summed E-state index contributed by atoms with van der Waals surface area (Å²) in [5.41, 5.74) is 8.86. The highest BCUT2D eigenvalue weighted by atomic mass is 15.3. The minimum atomic E-state index is 0.779. The highest BCUT2D eigenvalue weighted by Crippen LogP contribution is 2.43. The highest BCUT2D eigenvalue weighted by Gasteiger charge is 2.25. The molecule has 0 aliphatic heterocycles. The van der Waals surface area contributed by atoms with Gasteiger partial charge < -0.3 is 9.88 Å². The fraction of sp³-hybridized carbons (Fsp3) is 0.100. The van der Waals surface area contributed by atoms with Gasteiger partial charge in [-0.1, -0.05) is 60.7 Å². The molecule has 3 aromatic carbocycles. The Morgan fingerprint density at radius 1 is 0.778 bits per heavy atom. The van der Waals surface area contributed by atoms with Crippen LogP contribution in [0, 0.1) is 6.92 Å². The van der Waals surface area contributed by atoms with Gasteiger partial charge in [0, 0.05) is 43.3 Å². The first-order valence-corrected chi connectivity index (χ1v) is 11.9. The largest absolute Gasteiger partial charge is 0.378 e. The van der Waals surface area contributed by atoms with Crippen molar-refractivity contribution >= 4 is 16.7 Å². The maximum absolute atomic E-state index is 5.26. The number of benzene rings is 3. The van der Waals surface area contributed by atoms with Gasteiger partial charge in [-0.25, -0.2) is 14.6 Å². The maximum atomic E-state index is 5.26. The van der Waals surface area contributed by atoms with Gasteiger partial charge in [0.15, 0.2) is 5.65 Å². The van der Waals surface area contributed by atoms with Crippen molar-refractivity contribution in [1.29, 1.82) is 0 Å². The summed E-state index contributed by atoms with van der Waals surface area (Å²) in [6.07, 6.45) is 3.64. The second-order valence-corrected chi connectivity index (χ2v) is 8.99.